The number of hydrogen-bond donors (Lipinski definition) is 0. The lowest BCUT2D eigenvalue weighted by Gasteiger charge is -2.16. The van der Waals surface area contributed by atoms with Crippen LogP contribution in [-0.2, 0) is 0 Å². The molecule has 8 heteroatoms. The van der Waals surface area contributed by atoms with Crippen molar-refractivity contribution in [2.75, 3.05) is 0 Å². The minimum atomic E-state index is 0.0582. The van der Waals surface area contributed by atoms with Crippen molar-refractivity contribution in [2.24, 2.45) is 0 Å². The minimum Gasteiger partial charge on any atom is -0.388 e. The van der Waals surface area contributed by atoms with E-state index >= 15 is 0 Å². The maximum atomic E-state index is 9.14. The van der Waals surface area contributed by atoms with E-state index in [0.717, 1.165) is 5.56 Å². The third-order valence-corrected chi connectivity index (χ3v) is 4.06. The number of ether oxygens (including phenoxy) is 4. The van der Waals surface area contributed by atoms with E-state index in [0.29, 0.717) is 28.2 Å². The van der Waals surface area contributed by atoms with Crippen LogP contribution in [0.3, 0.4) is 0 Å². The molecule has 3 aromatic rings. The Hall–Kier alpha value is -5.18. The molecule has 0 aromatic heterocycles. The molecule has 30 heavy (non-hydrogen) atoms. The first kappa shape index (κ1) is 19.6. The Bertz CT molecular complexity index is 1230. The van der Waals surface area contributed by atoms with Crippen LogP contribution >= 0.6 is 0 Å². The van der Waals surface area contributed by atoms with E-state index in [1.54, 1.807) is 79.6 Å². The zero-order chi connectivity index (χ0) is 21.3. The van der Waals surface area contributed by atoms with Crippen LogP contribution in [0.4, 0.5) is 0 Å². The van der Waals surface area contributed by atoms with Crippen molar-refractivity contribution in [3.63, 3.8) is 0 Å². The molecule has 0 radical (unpaired) electrons. The van der Waals surface area contributed by atoms with E-state index < -0.39 is 0 Å². The van der Waals surface area contributed by atoms with Crippen LogP contribution in [0.25, 0.3) is 22.3 Å². The van der Waals surface area contributed by atoms with Crippen LogP contribution in [-0.4, -0.2) is 0 Å². The van der Waals surface area contributed by atoms with E-state index in [4.69, 9.17) is 40.0 Å². The number of rotatable bonds is 6. The maximum absolute atomic E-state index is 9.14. The summed E-state index contributed by atoms with van der Waals surface area (Å²) in [5.41, 5.74) is 2.52. The van der Waals surface area contributed by atoms with Gasteiger partial charge < -0.3 is 18.9 Å². The van der Waals surface area contributed by atoms with Crippen molar-refractivity contribution >= 4 is 0 Å². The molecule has 0 saturated carbocycles. The third kappa shape index (κ3) is 4.05. The van der Waals surface area contributed by atoms with E-state index in [9.17, 15) is 0 Å². The van der Waals surface area contributed by atoms with Gasteiger partial charge in [-0.1, -0.05) is 24.3 Å². The lowest BCUT2D eigenvalue weighted by Crippen LogP contribution is -1.96. The summed E-state index contributed by atoms with van der Waals surface area (Å²) in [6.45, 7) is 0. The van der Waals surface area contributed by atoms with Gasteiger partial charge in [0.25, 0.3) is 25.0 Å². The zero-order valence-corrected chi connectivity index (χ0v) is 15.2. The average Bonchev–Trinajstić information content (AvgIpc) is 2.77. The van der Waals surface area contributed by atoms with Crippen molar-refractivity contribution in [1.82, 2.24) is 0 Å². The molecule has 8 nitrogen and oxygen atoms in total. The van der Waals surface area contributed by atoms with E-state index in [-0.39, 0.29) is 11.5 Å². The Balaban J connectivity index is 2.23. The topological polar surface area (TPSA) is 132 Å². The summed E-state index contributed by atoms with van der Waals surface area (Å²) in [5.74, 6) is 0.842. The molecule has 3 rings (SSSR count). The molecular weight excluding hydrogens is 384 g/mol. The molecule has 0 amide bonds. The number of nitriles is 4. The monoisotopic (exact) mass is 394 g/mol. The molecule has 0 fully saturated rings. The summed E-state index contributed by atoms with van der Waals surface area (Å²) in [4.78, 5) is 0. The van der Waals surface area contributed by atoms with Crippen LogP contribution < -0.4 is 18.9 Å². The zero-order valence-electron chi connectivity index (χ0n) is 15.2. The second-order valence-corrected chi connectivity index (χ2v) is 5.64. The Kier molecular flexibility index (Phi) is 5.97. The number of benzene rings is 3. The van der Waals surface area contributed by atoms with Crippen LogP contribution in [0.1, 0.15) is 0 Å². The summed E-state index contributed by atoms with van der Waals surface area (Å²) in [6.07, 6.45) is 6.39. The summed E-state index contributed by atoms with van der Waals surface area (Å²) < 4.78 is 19.7. The highest BCUT2D eigenvalue weighted by atomic mass is 16.5. The van der Waals surface area contributed by atoms with Crippen molar-refractivity contribution in [1.29, 1.82) is 21.0 Å². The first-order valence-electron chi connectivity index (χ1n) is 8.33. The van der Waals surface area contributed by atoms with Gasteiger partial charge in [0.15, 0.2) is 11.5 Å². The van der Waals surface area contributed by atoms with Crippen LogP contribution in [0.15, 0.2) is 60.7 Å². The van der Waals surface area contributed by atoms with Crippen molar-refractivity contribution < 1.29 is 18.9 Å². The van der Waals surface area contributed by atoms with Crippen LogP contribution in [0, 0.1) is 46.1 Å². The molecule has 0 heterocycles. The Morgan fingerprint density at radius 3 is 1.50 bits per heavy atom. The highest BCUT2D eigenvalue weighted by Crippen LogP contribution is 2.45. The SMILES string of the molecule is N#COc1ccc(-c2ccc(OC#N)c(OC#N)c2-c2ccc(OC#N)cc2)cc1. The summed E-state index contributed by atoms with van der Waals surface area (Å²) >= 11 is 0. The maximum Gasteiger partial charge on any atom is 0.292 e. The Morgan fingerprint density at radius 2 is 1.00 bits per heavy atom. The standard InChI is InChI=1S/C22H10N4O4/c23-11-27-17-5-1-15(2-6-17)19-9-10-20(29-13-25)22(30-14-26)21(19)16-3-7-18(8-4-16)28-12-24/h1-10H. The van der Waals surface area contributed by atoms with Gasteiger partial charge in [0.05, 0.1) is 0 Å². The molecule has 0 unspecified atom stereocenters. The second-order valence-electron chi connectivity index (χ2n) is 5.64. The van der Waals surface area contributed by atoms with Gasteiger partial charge in [-0.15, -0.1) is 21.0 Å². The van der Waals surface area contributed by atoms with Crippen molar-refractivity contribution in [3.8, 4) is 70.3 Å². The highest BCUT2D eigenvalue weighted by molar-refractivity contribution is 5.90. The molecule has 0 spiro atoms. The molecule has 3 aromatic carbocycles. The van der Waals surface area contributed by atoms with Crippen molar-refractivity contribution in [2.45, 2.75) is 0 Å². The van der Waals surface area contributed by atoms with Gasteiger partial charge in [-0.2, -0.15) is 0 Å². The van der Waals surface area contributed by atoms with Crippen LogP contribution in [0.2, 0.25) is 0 Å². The predicted molar refractivity (Wildman–Crippen MR) is 102 cm³/mol. The normalized spacial score (nSPS) is 9.20. The molecule has 0 aliphatic heterocycles. The van der Waals surface area contributed by atoms with Gasteiger partial charge in [0, 0.05) is 5.56 Å². The first-order valence-corrected chi connectivity index (χ1v) is 8.33. The lowest BCUT2D eigenvalue weighted by atomic mass is 9.93. The average molecular weight is 394 g/mol. The largest absolute Gasteiger partial charge is 0.388 e. The number of nitrogens with zero attached hydrogens (tertiary/aromatic N) is 4. The van der Waals surface area contributed by atoms with Gasteiger partial charge >= 0.3 is 0 Å². The molecule has 0 aliphatic carbocycles. The smallest absolute Gasteiger partial charge is 0.292 e. The van der Waals surface area contributed by atoms with Crippen LogP contribution in [0.5, 0.6) is 23.0 Å². The van der Waals surface area contributed by atoms with E-state index in [2.05, 4.69) is 0 Å². The predicted octanol–water partition coefficient (Wildman–Crippen LogP) is 4.46. The third-order valence-electron chi connectivity index (χ3n) is 4.06. The lowest BCUT2D eigenvalue weighted by molar-refractivity contribution is 0.443. The van der Waals surface area contributed by atoms with E-state index in [1.807, 2.05) is 0 Å². The quantitative estimate of drug-likeness (QED) is 0.560. The fourth-order valence-corrected chi connectivity index (χ4v) is 2.86. The molecule has 0 atom stereocenters. The molecule has 0 saturated heterocycles. The van der Waals surface area contributed by atoms with Gasteiger partial charge in [-0.3, -0.25) is 0 Å². The Labute approximate surface area is 171 Å². The minimum absolute atomic E-state index is 0.0582. The van der Waals surface area contributed by atoms with Gasteiger partial charge in [-0.25, -0.2) is 0 Å². The van der Waals surface area contributed by atoms with Gasteiger partial charge in [0.2, 0.25) is 0 Å². The van der Waals surface area contributed by atoms with Crippen molar-refractivity contribution in [3.05, 3.63) is 60.7 Å². The Morgan fingerprint density at radius 1 is 0.500 bits per heavy atom. The number of hydrogen-bond acceptors (Lipinski definition) is 8. The van der Waals surface area contributed by atoms with E-state index in [1.165, 1.54) is 6.07 Å². The molecule has 0 aliphatic rings. The molecule has 0 N–H and O–H groups in total. The first-order chi connectivity index (χ1) is 14.7. The summed E-state index contributed by atoms with van der Waals surface area (Å²) in [7, 11) is 0. The molecular formula is C22H10N4O4. The highest BCUT2D eigenvalue weighted by Gasteiger charge is 2.20. The second kappa shape index (κ2) is 9.15. The molecule has 0 bridgehead atoms. The fraction of sp³-hybridized carbons (Fsp3) is 0. The summed E-state index contributed by atoms with van der Waals surface area (Å²) in [5, 5.41) is 35.4. The fourth-order valence-electron chi connectivity index (χ4n) is 2.86. The molecule has 142 valence electrons. The van der Waals surface area contributed by atoms with Gasteiger partial charge in [0.1, 0.15) is 11.5 Å². The van der Waals surface area contributed by atoms with Gasteiger partial charge in [-0.05, 0) is 53.1 Å². The summed E-state index contributed by atoms with van der Waals surface area (Å²) in [6, 6.07) is 16.5.